The fraction of sp³-hybridized carbons (Fsp3) is 0.500. The van der Waals surface area contributed by atoms with Crippen LogP contribution in [-0.2, 0) is 4.74 Å². The van der Waals surface area contributed by atoms with Gasteiger partial charge in [-0.2, -0.15) is 0 Å². The van der Waals surface area contributed by atoms with Crippen molar-refractivity contribution >= 4 is 11.5 Å². The second kappa shape index (κ2) is 3.18. The fourth-order valence-electron chi connectivity index (χ4n) is 1.11. The van der Waals surface area contributed by atoms with Gasteiger partial charge in [-0.3, -0.25) is 0 Å². The second-order valence-corrected chi connectivity index (χ2v) is 3.10. The van der Waals surface area contributed by atoms with Crippen LogP contribution in [0.5, 0.6) is 0 Å². The van der Waals surface area contributed by atoms with E-state index in [4.69, 9.17) is 10.5 Å². The zero-order valence-corrected chi connectivity index (χ0v) is 7.45. The number of aryl methyl sites for hydroxylation is 1. The second-order valence-electron chi connectivity index (χ2n) is 3.10. The Labute approximate surface area is 76.3 Å². The molecule has 5 heteroatoms. The summed E-state index contributed by atoms with van der Waals surface area (Å²) in [5.41, 5.74) is 6.27. The molecule has 0 radical (unpaired) electrons. The molecule has 1 aromatic rings. The molecule has 70 valence electrons. The molecule has 0 amide bonds. The highest BCUT2D eigenvalue weighted by Gasteiger charge is 2.19. The number of ether oxygens (including phenoxy) is 1. The Kier molecular flexibility index (Phi) is 2.02. The molecule has 1 fully saturated rings. The monoisotopic (exact) mass is 180 g/mol. The predicted molar refractivity (Wildman–Crippen MR) is 49.4 cm³/mol. The van der Waals surface area contributed by atoms with Crippen LogP contribution in [0.15, 0.2) is 6.20 Å². The van der Waals surface area contributed by atoms with E-state index in [0.29, 0.717) is 17.5 Å². The highest BCUT2D eigenvalue weighted by atomic mass is 16.5. The minimum absolute atomic E-state index is 0.344. The molecular weight excluding hydrogens is 168 g/mol. The molecule has 1 aliphatic heterocycles. The maximum Gasteiger partial charge on any atom is 0.153 e. The standard InChI is InChI=1S/C8H12N4O/c1-5-10-2-7(9)8(11-5)12-6-3-13-4-6/h2,6H,3-4,9H2,1H3,(H,10,11,12). The molecule has 0 saturated carbocycles. The van der Waals surface area contributed by atoms with Gasteiger partial charge in [0, 0.05) is 0 Å². The molecular formula is C8H12N4O. The Morgan fingerprint density at radius 3 is 3.00 bits per heavy atom. The van der Waals surface area contributed by atoms with E-state index < -0.39 is 0 Å². The molecule has 3 N–H and O–H groups in total. The number of nitrogens with one attached hydrogen (secondary N) is 1. The first-order valence-electron chi connectivity index (χ1n) is 4.19. The summed E-state index contributed by atoms with van der Waals surface area (Å²) in [4.78, 5) is 8.17. The molecule has 5 nitrogen and oxygen atoms in total. The van der Waals surface area contributed by atoms with E-state index in [1.165, 1.54) is 0 Å². The number of hydrogen-bond donors (Lipinski definition) is 2. The van der Waals surface area contributed by atoms with E-state index in [1.807, 2.05) is 6.92 Å². The molecule has 1 aromatic heterocycles. The van der Waals surface area contributed by atoms with E-state index in [-0.39, 0.29) is 0 Å². The van der Waals surface area contributed by atoms with Gasteiger partial charge in [0.15, 0.2) is 5.82 Å². The quantitative estimate of drug-likeness (QED) is 0.679. The summed E-state index contributed by atoms with van der Waals surface area (Å²) < 4.78 is 5.03. The van der Waals surface area contributed by atoms with Gasteiger partial charge in [0.25, 0.3) is 0 Å². The summed E-state index contributed by atoms with van der Waals surface area (Å²) in [6.45, 7) is 3.28. The molecule has 0 spiro atoms. The lowest BCUT2D eigenvalue weighted by molar-refractivity contribution is 0.0210. The highest BCUT2D eigenvalue weighted by Crippen LogP contribution is 2.16. The van der Waals surface area contributed by atoms with Crippen LogP contribution in [0.3, 0.4) is 0 Å². The minimum Gasteiger partial charge on any atom is -0.394 e. The van der Waals surface area contributed by atoms with Crippen LogP contribution in [0.2, 0.25) is 0 Å². The van der Waals surface area contributed by atoms with Gasteiger partial charge in [-0.25, -0.2) is 9.97 Å². The molecule has 2 heterocycles. The summed E-state index contributed by atoms with van der Waals surface area (Å²) in [6.07, 6.45) is 1.62. The van der Waals surface area contributed by atoms with E-state index in [2.05, 4.69) is 15.3 Å². The predicted octanol–water partition coefficient (Wildman–Crippen LogP) is 0.178. The topological polar surface area (TPSA) is 73.1 Å². The first-order valence-corrected chi connectivity index (χ1v) is 4.19. The average molecular weight is 180 g/mol. The third-order valence-electron chi connectivity index (χ3n) is 1.92. The zero-order chi connectivity index (χ0) is 9.26. The molecule has 0 unspecified atom stereocenters. The van der Waals surface area contributed by atoms with Gasteiger partial charge < -0.3 is 15.8 Å². The summed E-state index contributed by atoms with van der Waals surface area (Å²) in [5, 5.41) is 3.19. The normalized spacial score (nSPS) is 16.7. The molecule has 0 aromatic carbocycles. The number of hydrogen-bond acceptors (Lipinski definition) is 5. The van der Waals surface area contributed by atoms with Gasteiger partial charge in [-0.15, -0.1) is 0 Å². The first kappa shape index (κ1) is 8.25. The smallest absolute Gasteiger partial charge is 0.153 e. The number of nitrogens with two attached hydrogens (primary N) is 1. The molecule has 0 bridgehead atoms. The van der Waals surface area contributed by atoms with Gasteiger partial charge in [0.1, 0.15) is 5.82 Å². The fourth-order valence-corrected chi connectivity index (χ4v) is 1.11. The van der Waals surface area contributed by atoms with Crippen LogP contribution in [0.1, 0.15) is 5.82 Å². The molecule has 0 aliphatic carbocycles. The molecule has 0 atom stereocenters. The Hall–Kier alpha value is -1.36. The highest BCUT2D eigenvalue weighted by molar-refractivity contribution is 5.60. The third-order valence-corrected chi connectivity index (χ3v) is 1.92. The van der Waals surface area contributed by atoms with Crippen molar-refractivity contribution in [2.24, 2.45) is 0 Å². The number of anilines is 2. The molecule has 13 heavy (non-hydrogen) atoms. The maximum atomic E-state index is 5.69. The zero-order valence-electron chi connectivity index (χ0n) is 7.45. The Morgan fingerprint density at radius 2 is 2.38 bits per heavy atom. The van der Waals surface area contributed by atoms with Crippen LogP contribution in [0, 0.1) is 6.92 Å². The van der Waals surface area contributed by atoms with E-state index in [9.17, 15) is 0 Å². The van der Waals surface area contributed by atoms with Crippen molar-refractivity contribution in [1.29, 1.82) is 0 Å². The average Bonchev–Trinajstić information content (AvgIpc) is 2.03. The molecule has 1 saturated heterocycles. The third kappa shape index (κ3) is 1.70. The number of aromatic nitrogens is 2. The van der Waals surface area contributed by atoms with Crippen LogP contribution in [0.25, 0.3) is 0 Å². The largest absolute Gasteiger partial charge is 0.394 e. The first-order chi connectivity index (χ1) is 6.25. The Morgan fingerprint density at radius 1 is 1.62 bits per heavy atom. The summed E-state index contributed by atoms with van der Waals surface area (Å²) in [7, 11) is 0. The van der Waals surface area contributed by atoms with Gasteiger partial charge in [0.2, 0.25) is 0 Å². The maximum absolute atomic E-state index is 5.69. The van der Waals surface area contributed by atoms with Crippen molar-refractivity contribution in [2.75, 3.05) is 24.3 Å². The van der Waals surface area contributed by atoms with Gasteiger partial charge in [0.05, 0.1) is 31.1 Å². The van der Waals surface area contributed by atoms with Crippen LogP contribution < -0.4 is 11.1 Å². The lowest BCUT2D eigenvalue weighted by Crippen LogP contribution is -2.40. The number of nitrogen functional groups attached to an aromatic ring is 1. The summed E-state index contributed by atoms with van der Waals surface area (Å²) in [6, 6.07) is 0.344. The number of nitrogens with zero attached hydrogens (tertiary/aromatic N) is 2. The minimum atomic E-state index is 0.344. The summed E-state index contributed by atoms with van der Waals surface area (Å²) in [5.74, 6) is 1.43. The molecule has 1 aliphatic rings. The van der Waals surface area contributed by atoms with Gasteiger partial charge in [-0.1, -0.05) is 0 Å². The lowest BCUT2D eigenvalue weighted by atomic mass is 10.2. The Bertz CT molecular complexity index is 311. The van der Waals surface area contributed by atoms with Crippen molar-refractivity contribution in [3.05, 3.63) is 12.0 Å². The van der Waals surface area contributed by atoms with Crippen LogP contribution >= 0.6 is 0 Å². The van der Waals surface area contributed by atoms with Crippen molar-refractivity contribution in [3.63, 3.8) is 0 Å². The Balaban J connectivity index is 2.13. The van der Waals surface area contributed by atoms with Crippen molar-refractivity contribution in [2.45, 2.75) is 13.0 Å². The molecule has 2 rings (SSSR count). The lowest BCUT2D eigenvalue weighted by Gasteiger charge is -2.27. The van der Waals surface area contributed by atoms with Gasteiger partial charge >= 0.3 is 0 Å². The van der Waals surface area contributed by atoms with E-state index in [1.54, 1.807) is 6.20 Å². The van der Waals surface area contributed by atoms with Crippen LogP contribution in [-0.4, -0.2) is 29.2 Å². The van der Waals surface area contributed by atoms with E-state index in [0.717, 1.165) is 19.0 Å². The van der Waals surface area contributed by atoms with Crippen molar-refractivity contribution in [3.8, 4) is 0 Å². The SMILES string of the molecule is Cc1ncc(N)c(NC2COC2)n1. The van der Waals surface area contributed by atoms with Crippen molar-refractivity contribution in [1.82, 2.24) is 9.97 Å². The number of rotatable bonds is 2. The van der Waals surface area contributed by atoms with E-state index >= 15 is 0 Å². The van der Waals surface area contributed by atoms with Crippen LogP contribution in [0.4, 0.5) is 11.5 Å². The van der Waals surface area contributed by atoms with Crippen molar-refractivity contribution < 1.29 is 4.74 Å². The van der Waals surface area contributed by atoms with Gasteiger partial charge in [-0.05, 0) is 6.92 Å². The summed E-state index contributed by atoms with van der Waals surface area (Å²) >= 11 is 0.